The predicted octanol–water partition coefficient (Wildman–Crippen LogP) is 2.98. The summed E-state index contributed by atoms with van der Waals surface area (Å²) in [7, 11) is 2.16. The van der Waals surface area contributed by atoms with Crippen molar-refractivity contribution in [3.8, 4) is 0 Å². The summed E-state index contributed by atoms with van der Waals surface area (Å²) in [5.41, 5.74) is 1.05. The van der Waals surface area contributed by atoms with Crippen molar-refractivity contribution in [3.05, 3.63) is 35.9 Å². The van der Waals surface area contributed by atoms with E-state index in [9.17, 15) is 9.59 Å². The first-order valence-electron chi connectivity index (χ1n) is 10.4. The number of nitrogens with zero attached hydrogens (tertiary/aromatic N) is 2. The van der Waals surface area contributed by atoms with Gasteiger partial charge in [0.25, 0.3) is 0 Å². The largest absolute Gasteiger partial charge is 0.354 e. The van der Waals surface area contributed by atoms with Gasteiger partial charge in [0.15, 0.2) is 0 Å². The molecule has 3 rings (SSSR count). The van der Waals surface area contributed by atoms with Crippen LogP contribution in [-0.4, -0.2) is 54.3 Å². The minimum Gasteiger partial charge on any atom is -0.354 e. The second kappa shape index (κ2) is 9.36. The molecular formula is C22H33N3O2. The standard InChI is InChI=1S/C22H33N3O2/c1-3-25-20(26)14-13-19(21(25)17-9-5-4-6-10-17)22(27)23-15-16-24(2)18-11-7-8-12-18/h4-6,9-10,18-19,21H,3,7-8,11-16H2,1-2H3,(H,23,27)/t19-,21+/m1/s1. The third-order valence-corrected chi connectivity index (χ3v) is 6.24. The molecule has 1 aromatic rings. The summed E-state index contributed by atoms with van der Waals surface area (Å²) >= 11 is 0. The number of likely N-dealkylation sites (N-methyl/N-ethyl adjacent to an activating group) is 1. The van der Waals surface area contributed by atoms with Crippen molar-refractivity contribution in [1.82, 2.24) is 15.1 Å². The monoisotopic (exact) mass is 371 g/mol. The van der Waals surface area contributed by atoms with Crippen molar-refractivity contribution >= 4 is 11.8 Å². The van der Waals surface area contributed by atoms with Gasteiger partial charge in [0, 0.05) is 32.1 Å². The summed E-state index contributed by atoms with van der Waals surface area (Å²) in [6.45, 7) is 4.18. The molecule has 2 aliphatic rings. The Kier molecular flexibility index (Phi) is 6.89. The molecule has 2 amide bonds. The van der Waals surface area contributed by atoms with Crippen molar-refractivity contribution in [2.24, 2.45) is 5.92 Å². The Morgan fingerprint density at radius 3 is 2.56 bits per heavy atom. The first-order valence-corrected chi connectivity index (χ1v) is 10.4. The summed E-state index contributed by atoms with van der Waals surface area (Å²) in [5.74, 6) is 0.0489. The number of carbonyl (C=O) groups excluding carboxylic acids is 2. The molecule has 1 saturated carbocycles. The molecule has 2 atom stereocenters. The Hall–Kier alpha value is -1.88. The maximum atomic E-state index is 13.0. The molecule has 1 aliphatic heterocycles. The van der Waals surface area contributed by atoms with E-state index in [-0.39, 0.29) is 23.8 Å². The molecular weight excluding hydrogens is 338 g/mol. The first kappa shape index (κ1) is 19.9. The first-order chi connectivity index (χ1) is 13.1. The Bertz CT molecular complexity index is 628. The molecule has 148 valence electrons. The smallest absolute Gasteiger partial charge is 0.225 e. The number of carbonyl (C=O) groups is 2. The van der Waals surface area contributed by atoms with Crippen LogP contribution in [0.2, 0.25) is 0 Å². The van der Waals surface area contributed by atoms with Gasteiger partial charge in [0.05, 0.1) is 12.0 Å². The van der Waals surface area contributed by atoms with E-state index in [4.69, 9.17) is 0 Å². The highest BCUT2D eigenvalue weighted by atomic mass is 16.2. The summed E-state index contributed by atoms with van der Waals surface area (Å²) in [6, 6.07) is 10.5. The van der Waals surface area contributed by atoms with Crippen LogP contribution in [0.25, 0.3) is 0 Å². The molecule has 1 heterocycles. The quantitative estimate of drug-likeness (QED) is 0.802. The number of piperidine rings is 1. The molecule has 0 bridgehead atoms. The van der Waals surface area contributed by atoms with Gasteiger partial charge in [0.2, 0.25) is 11.8 Å². The fourth-order valence-corrected chi connectivity index (χ4v) is 4.68. The van der Waals surface area contributed by atoms with Crippen LogP contribution in [0.1, 0.15) is 57.1 Å². The second-order valence-electron chi connectivity index (χ2n) is 7.89. The van der Waals surface area contributed by atoms with Crippen molar-refractivity contribution < 1.29 is 9.59 Å². The van der Waals surface area contributed by atoms with E-state index in [1.165, 1.54) is 25.7 Å². The number of likely N-dealkylation sites (tertiary alicyclic amines) is 1. The molecule has 1 aliphatic carbocycles. The van der Waals surface area contributed by atoms with E-state index < -0.39 is 0 Å². The molecule has 2 fully saturated rings. The van der Waals surface area contributed by atoms with Crippen molar-refractivity contribution in [1.29, 1.82) is 0 Å². The fraction of sp³-hybridized carbons (Fsp3) is 0.636. The van der Waals surface area contributed by atoms with Gasteiger partial charge < -0.3 is 15.1 Å². The summed E-state index contributed by atoms with van der Waals surface area (Å²) in [4.78, 5) is 29.6. The number of benzene rings is 1. The lowest BCUT2D eigenvalue weighted by Gasteiger charge is -2.40. The molecule has 0 aromatic heterocycles. The van der Waals surface area contributed by atoms with E-state index in [0.29, 0.717) is 32.0 Å². The van der Waals surface area contributed by atoms with Crippen LogP contribution < -0.4 is 5.32 Å². The zero-order valence-electron chi connectivity index (χ0n) is 16.7. The Morgan fingerprint density at radius 2 is 1.89 bits per heavy atom. The predicted molar refractivity (Wildman–Crippen MR) is 107 cm³/mol. The topological polar surface area (TPSA) is 52.7 Å². The molecule has 5 nitrogen and oxygen atoms in total. The number of nitrogens with one attached hydrogen (secondary N) is 1. The molecule has 0 radical (unpaired) electrons. The highest BCUT2D eigenvalue weighted by Crippen LogP contribution is 2.36. The lowest BCUT2D eigenvalue weighted by atomic mass is 9.83. The zero-order chi connectivity index (χ0) is 19.2. The normalized spacial score (nSPS) is 23.8. The van der Waals surface area contributed by atoms with Gasteiger partial charge in [-0.3, -0.25) is 9.59 Å². The van der Waals surface area contributed by atoms with Gasteiger partial charge in [-0.25, -0.2) is 0 Å². The third kappa shape index (κ3) is 4.70. The van der Waals surface area contributed by atoms with E-state index in [1.807, 2.05) is 42.2 Å². The van der Waals surface area contributed by atoms with Gasteiger partial charge in [0.1, 0.15) is 0 Å². The van der Waals surface area contributed by atoms with Gasteiger partial charge >= 0.3 is 0 Å². The molecule has 0 unspecified atom stereocenters. The van der Waals surface area contributed by atoms with Crippen LogP contribution in [0.15, 0.2) is 30.3 Å². The van der Waals surface area contributed by atoms with Crippen molar-refractivity contribution in [2.75, 3.05) is 26.7 Å². The van der Waals surface area contributed by atoms with Crippen LogP contribution in [0, 0.1) is 5.92 Å². The van der Waals surface area contributed by atoms with Gasteiger partial charge in [-0.05, 0) is 38.8 Å². The maximum Gasteiger partial charge on any atom is 0.225 e. The molecule has 1 saturated heterocycles. The molecule has 5 heteroatoms. The van der Waals surface area contributed by atoms with Crippen LogP contribution in [-0.2, 0) is 9.59 Å². The summed E-state index contributed by atoms with van der Waals surface area (Å²) in [6.07, 6.45) is 6.27. The Labute approximate surface area is 163 Å². The van der Waals surface area contributed by atoms with E-state index >= 15 is 0 Å². The van der Waals surface area contributed by atoms with Crippen molar-refractivity contribution in [2.45, 2.75) is 57.5 Å². The van der Waals surface area contributed by atoms with E-state index in [1.54, 1.807) is 0 Å². The SMILES string of the molecule is CCN1C(=O)CC[C@@H](C(=O)NCCN(C)C2CCCC2)[C@@H]1c1ccccc1. The molecule has 1 N–H and O–H groups in total. The lowest BCUT2D eigenvalue weighted by Crippen LogP contribution is -2.49. The van der Waals surface area contributed by atoms with E-state index in [2.05, 4.69) is 17.3 Å². The minimum atomic E-state index is -0.179. The fourth-order valence-electron chi connectivity index (χ4n) is 4.68. The van der Waals surface area contributed by atoms with Gasteiger partial charge in [-0.2, -0.15) is 0 Å². The summed E-state index contributed by atoms with van der Waals surface area (Å²) < 4.78 is 0. The average Bonchev–Trinajstić information content (AvgIpc) is 3.23. The molecule has 27 heavy (non-hydrogen) atoms. The maximum absolute atomic E-state index is 13.0. The average molecular weight is 372 g/mol. The molecule has 0 spiro atoms. The number of amides is 2. The minimum absolute atomic E-state index is 0.0784. The Morgan fingerprint density at radius 1 is 1.19 bits per heavy atom. The number of hydrogen-bond donors (Lipinski definition) is 1. The summed E-state index contributed by atoms with van der Waals surface area (Å²) in [5, 5.41) is 3.15. The van der Waals surface area contributed by atoms with Gasteiger partial charge in [-0.1, -0.05) is 43.2 Å². The van der Waals surface area contributed by atoms with Gasteiger partial charge in [-0.15, -0.1) is 0 Å². The van der Waals surface area contributed by atoms with Crippen LogP contribution in [0.3, 0.4) is 0 Å². The van der Waals surface area contributed by atoms with Crippen LogP contribution in [0.4, 0.5) is 0 Å². The van der Waals surface area contributed by atoms with Crippen LogP contribution >= 0.6 is 0 Å². The lowest BCUT2D eigenvalue weighted by molar-refractivity contribution is -0.143. The highest BCUT2D eigenvalue weighted by molar-refractivity contribution is 5.85. The number of hydrogen-bond acceptors (Lipinski definition) is 3. The molecule has 1 aromatic carbocycles. The zero-order valence-corrected chi connectivity index (χ0v) is 16.7. The highest BCUT2D eigenvalue weighted by Gasteiger charge is 2.39. The number of rotatable bonds is 7. The van der Waals surface area contributed by atoms with Crippen LogP contribution in [0.5, 0.6) is 0 Å². The second-order valence-corrected chi connectivity index (χ2v) is 7.89. The third-order valence-electron chi connectivity index (χ3n) is 6.24. The van der Waals surface area contributed by atoms with E-state index in [0.717, 1.165) is 12.1 Å². The van der Waals surface area contributed by atoms with Crippen molar-refractivity contribution in [3.63, 3.8) is 0 Å². The Balaban J connectivity index is 1.63.